The van der Waals surface area contributed by atoms with Crippen molar-refractivity contribution in [3.63, 3.8) is 0 Å². The van der Waals surface area contributed by atoms with Gasteiger partial charge in [-0.25, -0.2) is 4.98 Å². The van der Waals surface area contributed by atoms with Crippen LogP contribution in [-0.2, 0) is 11.3 Å². The number of aryl methyl sites for hydroxylation is 1. The van der Waals surface area contributed by atoms with Crippen molar-refractivity contribution in [1.29, 1.82) is 0 Å². The van der Waals surface area contributed by atoms with Gasteiger partial charge < -0.3 is 15.4 Å². The molecule has 1 fully saturated rings. The molecule has 0 unspecified atom stereocenters. The van der Waals surface area contributed by atoms with Crippen molar-refractivity contribution >= 4 is 17.2 Å². The molecule has 1 atom stereocenters. The van der Waals surface area contributed by atoms with E-state index in [4.69, 9.17) is 4.74 Å². The first kappa shape index (κ1) is 19.1. The molecule has 0 bridgehead atoms. The second-order valence-electron chi connectivity index (χ2n) is 7.21. The molecular weight excluding hydrogens is 368 g/mol. The summed E-state index contributed by atoms with van der Waals surface area (Å²) in [6.45, 7) is 3.54. The van der Waals surface area contributed by atoms with Gasteiger partial charge in [0.1, 0.15) is 5.65 Å². The van der Waals surface area contributed by atoms with Crippen LogP contribution in [0.2, 0.25) is 0 Å². The van der Waals surface area contributed by atoms with Crippen LogP contribution in [-0.4, -0.2) is 34.5 Å². The van der Waals surface area contributed by atoms with Crippen molar-refractivity contribution in [2.45, 2.75) is 32.4 Å². The number of pyridine rings is 1. The summed E-state index contributed by atoms with van der Waals surface area (Å²) in [7, 11) is 0. The number of carbonyl (C=O) groups excluding carboxylic acids is 1. The number of nitrogens with zero attached hydrogens (tertiary/aromatic N) is 2. The highest BCUT2D eigenvalue weighted by molar-refractivity contribution is 5.99. The smallest absolute Gasteiger partial charge is 0.258 e. The van der Waals surface area contributed by atoms with Gasteiger partial charge in [-0.3, -0.25) is 14.0 Å². The molecule has 3 heterocycles. The van der Waals surface area contributed by atoms with Crippen molar-refractivity contribution in [2.75, 3.05) is 18.5 Å². The van der Waals surface area contributed by atoms with Crippen molar-refractivity contribution in [3.8, 4) is 0 Å². The van der Waals surface area contributed by atoms with Gasteiger partial charge in [-0.15, -0.1) is 0 Å². The van der Waals surface area contributed by atoms with Crippen LogP contribution in [0.5, 0.6) is 0 Å². The molecule has 1 saturated heterocycles. The van der Waals surface area contributed by atoms with Gasteiger partial charge in [0.25, 0.3) is 11.5 Å². The summed E-state index contributed by atoms with van der Waals surface area (Å²) in [6.07, 6.45) is 3.82. The lowest BCUT2D eigenvalue weighted by atomic mass is 10.1. The predicted octanol–water partition coefficient (Wildman–Crippen LogP) is 2.52. The number of hydrogen-bond acceptors (Lipinski definition) is 5. The summed E-state index contributed by atoms with van der Waals surface area (Å²) in [5.74, 6) is -0.147. The summed E-state index contributed by atoms with van der Waals surface area (Å²) in [4.78, 5) is 29.6. The number of amides is 1. The van der Waals surface area contributed by atoms with E-state index in [1.807, 2.05) is 37.3 Å². The summed E-state index contributed by atoms with van der Waals surface area (Å²) < 4.78 is 7.09. The van der Waals surface area contributed by atoms with Gasteiger partial charge in [0.15, 0.2) is 0 Å². The Labute approximate surface area is 168 Å². The third kappa shape index (κ3) is 4.30. The number of carbonyl (C=O) groups is 1. The Kier molecular flexibility index (Phi) is 5.57. The molecule has 7 nitrogen and oxygen atoms in total. The van der Waals surface area contributed by atoms with Gasteiger partial charge in [0.2, 0.25) is 0 Å². The number of ether oxygens (including phenoxy) is 1. The van der Waals surface area contributed by atoms with Crippen LogP contribution in [0.25, 0.3) is 5.65 Å². The Hall–Kier alpha value is -3.19. The van der Waals surface area contributed by atoms with E-state index in [1.54, 1.807) is 12.3 Å². The molecule has 7 heteroatoms. The van der Waals surface area contributed by atoms with Crippen LogP contribution in [0.4, 0.5) is 5.69 Å². The maximum Gasteiger partial charge on any atom is 0.258 e. The molecule has 1 aliphatic rings. The third-order valence-corrected chi connectivity index (χ3v) is 5.09. The summed E-state index contributed by atoms with van der Waals surface area (Å²) in [6, 6.07) is 12.6. The standard InChI is InChI=1S/C22H24N4O3/c1-15-6-4-10-26-20(27)12-16(25-21(15)26)13-23-19-9-3-2-8-18(19)22(28)24-14-17-7-5-11-29-17/h2-4,6,8-10,12,17,23H,5,7,11,13-14H2,1H3,(H,24,28)/t17-/m0/s1. The fraction of sp³-hybridized carbons (Fsp3) is 0.318. The molecule has 0 saturated carbocycles. The van der Waals surface area contributed by atoms with E-state index in [-0.39, 0.29) is 17.6 Å². The zero-order chi connectivity index (χ0) is 20.2. The normalized spacial score (nSPS) is 16.1. The fourth-order valence-electron chi connectivity index (χ4n) is 3.53. The van der Waals surface area contributed by atoms with E-state index in [0.717, 1.165) is 25.0 Å². The second kappa shape index (κ2) is 8.45. The van der Waals surface area contributed by atoms with Gasteiger partial charge in [-0.2, -0.15) is 0 Å². The average molecular weight is 392 g/mol. The number of anilines is 1. The predicted molar refractivity (Wildman–Crippen MR) is 111 cm³/mol. The Morgan fingerprint density at radius 1 is 1.28 bits per heavy atom. The highest BCUT2D eigenvalue weighted by Crippen LogP contribution is 2.17. The van der Waals surface area contributed by atoms with Crippen LogP contribution in [0.3, 0.4) is 0 Å². The van der Waals surface area contributed by atoms with Crippen LogP contribution >= 0.6 is 0 Å². The molecule has 29 heavy (non-hydrogen) atoms. The number of benzene rings is 1. The van der Waals surface area contributed by atoms with Crippen LogP contribution in [0, 0.1) is 6.92 Å². The maximum absolute atomic E-state index is 12.6. The molecule has 150 valence electrons. The topological polar surface area (TPSA) is 84.7 Å². The van der Waals surface area contributed by atoms with E-state index < -0.39 is 0 Å². The minimum Gasteiger partial charge on any atom is -0.379 e. The summed E-state index contributed by atoms with van der Waals surface area (Å²) in [5.41, 5.74) is 3.32. The van der Waals surface area contributed by atoms with Crippen molar-refractivity contribution in [3.05, 3.63) is 75.8 Å². The third-order valence-electron chi connectivity index (χ3n) is 5.09. The second-order valence-corrected chi connectivity index (χ2v) is 7.21. The molecule has 2 aromatic heterocycles. The molecule has 0 spiro atoms. The lowest BCUT2D eigenvalue weighted by molar-refractivity contribution is 0.0858. The zero-order valence-electron chi connectivity index (χ0n) is 16.4. The molecule has 2 N–H and O–H groups in total. The average Bonchev–Trinajstić information content (AvgIpc) is 3.25. The van der Waals surface area contributed by atoms with Gasteiger partial charge in [-0.05, 0) is 43.5 Å². The molecule has 1 aromatic carbocycles. The van der Waals surface area contributed by atoms with Crippen LogP contribution in [0.1, 0.15) is 34.5 Å². The lowest BCUT2D eigenvalue weighted by Gasteiger charge is -2.14. The number of para-hydroxylation sites is 1. The first-order valence-electron chi connectivity index (χ1n) is 9.82. The molecule has 1 aliphatic heterocycles. The number of aromatic nitrogens is 2. The first-order valence-corrected chi connectivity index (χ1v) is 9.82. The summed E-state index contributed by atoms with van der Waals surface area (Å²) in [5, 5.41) is 6.19. The van der Waals surface area contributed by atoms with E-state index in [2.05, 4.69) is 15.6 Å². The summed E-state index contributed by atoms with van der Waals surface area (Å²) >= 11 is 0. The number of hydrogen-bond donors (Lipinski definition) is 2. The number of fused-ring (bicyclic) bond motifs is 1. The highest BCUT2D eigenvalue weighted by Gasteiger charge is 2.18. The van der Waals surface area contributed by atoms with Crippen LogP contribution < -0.4 is 16.2 Å². The molecule has 3 aromatic rings. The van der Waals surface area contributed by atoms with Gasteiger partial charge in [0, 0.05) is 31.1 Å². The monoisotopic (exact) mass is 392 g/mol. The largest absolute Gasteiger partial charge is 0.379 e. The van der Waals surface area contributed by atoms with Gasteiger partial charge >= 0.3 is 0 Å². The number of rotatable bonds is 6. The van der Waals surface area contributed by atoms with Gasteiger partial charge in [-0.1, -0.05) is 18.2 Å². The van der Waals surface area contributed by atoms with E-state index >= 15 is 0 Å². The van der Waals surface area contributed by atoms with Crippen molar-refractivity contribution < 1.29 is 9.53 Å². The molecule has 0 radical (unpaired) electrons. The number of nitrogens with one attached hydrogen (secondary N) is 2. The SMILES string of the molecule is Cc1cccn2c(=O)cc(CNc3ccccc3C(=O)NC[C@@H]3CCCO3)nc12. The van der Waals surface area contributed by atoms with Crippen molar-refractivity contribution in [2.24, 2.45) is 0 Å². The Bertz CT molecular complexity index is 1090. The first-order chi connectivity index (χ1) is 14.1. The van der Waals surface area contributed by atoms with Gasteiger partial charge in [0.05, 0.1) is 23.9 Å². The van der Waals surface area contributed by atoms with Crippen LogP contribution in [0.15, 0.2) is 53.5 Å². The maximum atomic E-state index is 12.6. The highest BCUT2D eigenvalue weighted by atomic mass is 16.5. The molecular formula is C22H24N4O3. The van der Waals surface area contributed by atoms with E-state index in [9.17, 15) is 9.59 Å². The zero-order valence-corrected chi connectivity index (χ0v) is 16.4. The quantitative estimate of drug-likeness (QED) is 0.673. The molecule has 1 amide bonds. The molecule has 0 aliphatic carbocycles. The Morgan fingerprint density at radius 2 is 2.14 bits per heavy atom. The molecule has 4 rings (SSSR count). The van der Waals surface area contributed by atoms with E-state index in [1.165, 1.54) is 10.5 Å². The van der Waals surface area contributed by atoms with E-state index in [0.29, 0.717) is 35.7 Å². The Balaban J connectivity index is 1.49. The lowest BCUT2D eigenvalue weighted by Crippen LogP contribution is -2.32. The minimum atomic E-state index is -0.147. The fourth-order valence-corrected chi connectivity index (χ4v) is 3.53. The van der Waals surface area contributed by atoms with Crippen molar-refractivity contribution in [1.82, 2.24) is 14.7 Å². The Morgan fingerprint density at radius 3 is 2.97 bits per heavy atom. The minimum absolute atomic E-state index is 0.0945.